The fourth-order valence-electron chi connectivity index (χ4n) is 1.61. The highest BCUT2D eigenvalue weighted by Crippen LogP contribution is 2.12. The first kappa shape index (κ1) is 13.5. The first-order chi connectivity index (χ1) is 9.72. The third-order valence-electron chi connectivity index (χ3n) is 2.72. The number of ketones is 1. The largest absolute Gasteiger partial charge is 0.485 e. The molecule has 0 N–H and O–H groups in total. The van der Waals surface area contributed by atoms with E-state index in [1.807, 2.05) is 6.07 Å². The van der Waals surface area contributed by atoms with Gasteiger partial charge in [-0.25, -0.2) is 0 Å². The lowest BCUT2D eigenvalue weighted by Crippen LogP contribution is -2.11. The van der Waals surface area contributed by atoms with E-state index in [-0.39, 0.29) is 12.4 Å². The Morgan fingerprint density at radius 3 is 2.30 bits per heavy atom. The number of aldehydes is 1. The molecule has 2 rings (SSSR count). The van der Waals surface area contributed by atoms with Crippen LogP contribution in [0, 0.1) is 11.3 Å². The topological polar surface area (TPSA) is 67.2 Å². The van der Waals surface area contributed by atoms with E-state index in [4.69, 9.17) is 10.00 Å². The predicted molar refractivity (Wildman–Crippen MR) is 72.8 cm³/mol. The van der Waals surface area contributed by atoms with Gasteiger partial charge in [-0.05, 0) is 48.5 Å². The van der Waals surface area contributed by atoms with Gasteiger partial charge in [0.2, 0.25) is 0 Å². The van der Waals surface area contributed by atoms with Crippen LogP contribution in [-0.4, -0.2) is 18.7 Å². The molecular formula is C16H11NO3. The van der Waals surface area contributed by atoms with Crippen molar-refractivity contribution in [2.45, 2.75) is 0 Å². The highest BCUT2D eigenvalue weighted by molar-refractivity contribution is 5.97. The minimum atomic E-state index is -0.172. The maximum atomic E-state index is 11.9. The number of carbonyl (C=O) groups excluding carboxylic acids is 2. The molecule has 0 radical (unpaired) electrons. The van der Waals surface area contributed by atoms with Crippen LogP contribution < -0.4 is 4.74 Å². The van der Waals surface area contributed by atoms with Crippen LogP contribution in [0.5, 0.6) is 5.75 Å². The monoisotopic (exact) mass is 265 g/mol. The molecule has 20 heavy (non-hydrogen) atoms. The number of Topliss-reactive ketones (excluding diaryl/α,β-unsaturated/α-hetero) is 1. The highest BCUT2D eigenvalue weighted by Gasteiger charge is 2.06. The summed E-state index contributed by atoms with van der Waals surface area (Å²) in [6.45, 7) is -0.0909. The first-order valence-electron chi connectivity index (χ1n) is 5.94. The molecule has 0 saturated carbocycles. The van der Waals surface area contributed by atoms with Crippen molar-refractivity contribution >= 4 is 12.1 Å². The molecule has 0 fully saturated rings. The standard InChI is InChI=1S/C16H11NO3/c17-9-12-1-5-14(6-2-12)16(19)11-20-15-7-3-13(10-18)4-8-15/h1-8,10H,11H2. The summed E-state index contributed by atoms with van der Waals surface area (Å²) in [6, 6.07) is 14.9. The number of benzene rings is 2. The Morgan fingerprint density at radius 1 is 1.10 bits per heavy atom. The number of nitriles is 1. The lowest BCUT2D eigenvalue weighted by atomic mass is 10.1. The Balaban J connectivity index is 1.97. The Bertz CT molecular complexity index is 652. The molecular weight excluding hydrogens is 254 g/mol. The van der Waals surface area contributed by atoms with Gasteiger partial charge in [0, 0.05) is 11.1 Å². The Kier molecular flexibility index (Phi) is 4.25. The van der Waals surface area contributed by atoms with Gasteiger partial charge in [0.25, 0.3) is 0 Å². The van der Waals surface area contributed by atoms with Gasteiger partial charge in [-0.2, -0.15) is 5.26 Å². The summed E-state index contributed by atoms with van der Waals surface area (Å²) in [6.07, 6.45) is 0.742. The number of hydrogen-bond acceptors (Lipinski definition) is 4. The van der Waals surface area contributed by atoms with Crippen LogP contribution in [0.25, 0.3) is 0 Å². The van der Waals surface area contributed by atoms with E-state index in [1.54, 1.807) is 48.5 Å². The van der Waals surface area contributed by atoms with Crippen molar-refractivity contribution in [3.63, 3.8) is 0 Å². The van der Waals surface area contributed by atoms with Gasteiger partial charge in [-0.3, -0.25) is 9.59 Å². The molecule has 0 heterocycles. The Hall–Kier alpha value is -2.93. The van der Waals surface area contributed by atoms with E-state index in [9.17, 15) is 9.59 Å². The van der Waals surface area contributed by atoms with Gasteiger partial charge in [0.15, 0.2) is 12.4 Å². The number of hydrogen-bond donors (Lipinski definition) is 0. The summed E-state index contributed by atoms with van der Waals surface area (Å²) in [7, 11) is 0. The lowest BCUT2D eigenvalue weighted by molar-refractivity contribution is 0.0921. The zero-order valence-corrected chi connectivity index (χ0v) is 10.6. The summed E-state index contributed by atoms with van der Waals surface area (Å²) >= 11 is 0. The zero-order chi connectivity index (χ0) is 14.4. The second-order valence-corrected chi connectivity index (χ2v) is 4.09. The molecule has 98 valence electrons. The normalized spacial score (nSPS) is 9.55. The molecule has 0 aliphatic heterocycles. The van der Waals surface area contributed by atoms with Crippen LogP contribution in [0.2, 0.25) is 0 Å². The SMILES string of the molecule is N#Cc1ccc(C(=O)COc2ccc(C=O)cc2)cc1. The van der Waals surface area contributed by atoms with Crippen molar-refractivity contribution in [1.82, 2.24) is 0 Å². The van der Waals surface area contributed by atoms with E-state index >= 15 is 0 Å². The molecule has 0 aliphatic rings. The van der Waals surface area contributed by atoms with E-state index in [2.05, 4.69) is 0 Å². The fraction of sp³-hybridized carbons (Fsp3) is 0.0625. The Labute approximate surface area is 116 Å². The smallest absolute Gasteiger partial charge is 0.200 e. The fourth-order valence-corrected chi connectivity index (χ4v) is 1.61. The summed E-state index contributed by atoms with van der Waals surface area (Å²) < 4.78 is 5.35. The minimum absolute atomic E-state index is 0.0909. The van der Waals surface area contributed by atoms with Crippen LogP contribution in [-0.2, 0) is 0 Å². The second kappa shape index (κ2) is 6.30. The third kappa shape index (κ3) is 3.30. The maximum Gasteiger partial charge on any atom is 0.200 e. The van der Waals surface area contributed by atoms with Crippen molar-refractivity contribution in [3.05, 3.63) is 65.2 Å². The average molecular weight is 265 g/mol. The average Bonchev–Trinajstić information content (AvgIpc) is 2.53. The summed E-state index contributed by atoms with van der Waals surface area (Å²) in [5.41, 5.74) is 1.55. The second-order valence-electron chi connectivity index (χ2n) is 4.09. The summed E-state index contributed by atoms with van der Waals surface area (Å²) in [5.74, 6) is 0.353. The molecule has 4 heteroatoms. The number of carbonyl (C=O) groups is 2. The van der Waals surface area contributed by atoms with E-state index < -0.39 is 0 Å². The van der Waals surface area contributed by atoms with Gasteiger partial charge < -0.3 is 4.74 Å². The van der Waals surface area contributed by atoms with Gasteiger partial charge in [-0.15, -0.1) is 0 Å². The van der Waals surface area contributed by atoms with E-state index in [0.717, 1.165) is 6.29 Å². The molecule has 0 atom stereocenters. The number of ether oxygens (including phenoxy) is 1. The van der Waals surface area contributed by atoms with Crippen molar-refractivity contribution in [2.24, 2.45) is 0 Å². The molecule has 0 aromatic heterocycles. The molecule has 0 unspecified atom stereocenters. The first-order valence-corrected chi connectivity index (χ1v) is 5.94. The number of rotatable bonds is 5. The van der Waals surface area contributed by atoms with Crippen LogP contribution in [0.3, 0.4) is 0 Å². The van der Waals surface area contributed by atoms with E-state index in [1.165, 1.54) is 0 Å². The highest BCUT2D eigenvalue weighted by atomic mass is 16.5. The van der Waals surface area contributed by atoms with E-state index in [0.29, 0.717) is 22.4 Å². The maximum absolute atomic E-state index is 11.9. The van der Waals surface area contributed by atoms with Gasteiger partial charge >= 0.3 is 0 Å². The lowest BCUT2D eigenvalue weighted by Gasteiger charge is -2.05. The molecule has 0 aliphatic carbocycles. The molecule has 0 amide bonds. The number of nitrogens with zero attached hydrogens (tertiary/aromatic N) is 1. The molecule has 2 aromatic carbocycles. The van der Waals surface area contributed by atoms with Crippen molar-refractivity contribution < 1.29 is 14.3 Å². The van der Waals surface area contributed by atoms with Crippen LogP contribution in [0.15, 0.2) is 48.5 Å². The quantitative estimate of drug-likeness (QED) is 0.615. The van der Waals surface area contributed by atoms with Crippen molar-refractivity contribution in [1.29, 1.82) is 5.26 Å². The van der Waals surface area contributed by atoms with Gasteiger partial charge in [0.1, 0.15) is 12.0 Å². The van der Waals surface area contributed by atoms with Crippen molar-refractivity contribution in [3.8, 4) is 11.8 Å². The molecule has 0 saturated heterocycles. The predicted octanol–water partition coefficient (Wildman–Crippen LogP) is 2.63. The van der Waals surface area contributed by atoms with Crippen LogP contribution in [0.1, 0.15) is 26.3 Å². The minimum Gasteiger partial charge on any atom is -0.485 e. The summed E-state index contributed by atoms with van der Waals surface area (Å²) in [4.78, 5) is 22.4. The molecule has 4 nitrogen and oxygen atoms in total. The van der Waals surface area contributed by atoms with Crippen LogP contribution >= 0.6 is 0 Å². The van der Waals surface area contributed by atoms with Crippen LogP contribution in [0.4, 0.5) is 0 Å². The zero-order valence-electron chi connectivity index (χ0n) is 10.6. The molecule has 0 bridgehead atoms. The van der Waals surface area contributed by atoms with Gasteiger partial charge in [0.05, 0.1) is 11.6 Å². The summed E-state index contributed by atoms with van der Waals surface area (Å²) in [5, 5.41) is 8.68. The molecule has 0 spiro atoms. The third-order valence-corrected chi connectivity index (χ3v) is 2.72. The Morgan fingerprint density at radius 2 is 1.75 bits per heavy atom. The molecule has 2 aromatic rings. The van der Waals surface area contributed by atoms with Gasteiger partial charge in [-0.1, -0.05) is 0 Å². The van der Waals surface area contributed by atoms with Crippen molar-refractivity contribution in [2.75, 3.05) is 6.61 Å².